The van der Waals surface area contributed by atoms with E-state index >= 15 is 0 Å². The molecule has 1 amide bonds. The summed E-state index contributed by atoms with van der Waals surface area (Å²) in [6.45, 7) is 0.841. The molecule has 0 bridgehead atoms. The highest BCUT2D eigenvalue weighted by Crippen LogP contribution is 2.29. The zero-order valence-electron chi connectivity index (χ0n) is 13.9. The van der Waals surface area contributed by atoms with E-state index in [4.69, 9.17) is 4.74 Å². The Labute approximate surface area is 140 Å². The molecule has 0 aromatic heterocycles. The molecule has 8 heteroatoms. The van der Waals surface area contributed by atoms with Crippen LogP contribution in [0.25, 0.3) is 0 Å². The zero-order valence-corrected chi connectivity index (χ0v) is 13.9. The summed E-state index contributed by atoms with van der Waals surface area (Å²) in [5, 5.41) is 3.20. The summed E-state index contributed by atoms with van der Waals surface area (Å²) in [4.78, 5) is 15.9. The number of hydrogen-bond acceptors (Lipinski definition) is 5. The maximum atomic E-state index is 12.5. The number of ether oxygens (including phenoxy) is 2. The van der Waals surface area contributed by atoms with Gasteiger partial charge >= 0.3 is 6.61 Å². The summed E-state index contributed by atoms with van der Waals surface area (Å²) < 4.78 is 34.4. The van der Waals surface area contributed by atoms with Gasteiger partial charge in [0.15, 0.2) is 11.5 Å². The Hall–Kier alpha value is -1.93. The molecule has 6 nitrogen and oxygen atoms in total. The number of carbonyl (C=O) groups excluding carboxylic acids is 1. The molecule has 0 radical (unpaired) electrons. The van der Waals surface area contributed by atoms with Crippen molar-refractivity contribution in [2.75, 3.05) is 46.9 Å². The third-order valence-corrected chi connectivity index (χ3v) is 3.77. The highest BCUT2D eigenvalue weighted by molar-refractivity contribution is 5.78. The van der Waals surface area contributed by atoms with Crippen LogP contribution in [0.5, 0.6) is 11.5 Å². The number of nitrogens with zero attached hydrogens (tertiary/aromatic N) is 2. The van der Waals surface area contributed by atoms with Crippen LogP contribution >= 0.6 is 0 Å². The Morgan fingerprint density at radius 2 is 2.04 bits per heavy atom. The zero-order chi connectivity index (χ0) is 17.5. The molecule has 0 spiro atoms. The van der Waals surface area contributed by atoms with Gasteiger partial charge in [0, 0.05) is 32.7 Å². The Balaban J connectivity index is 1.95. The number of hydrogen-bond donors (Lipinski definition) is 1. The number of alkyl halides is 2. The molecule has 1 heterocycles. The lowest BCUT2D eigenvalue weighted by Gasteiger charge is -2.29. The highest BCUT2D eigenvalue weighted by atomic mass is 19.3. The van der Waals surface area contributed by atoms with E-state index in [9.17, 15) is 13.6 Å². The van der Waals surface area contributed by atoms with Crippen LogP contribution in [0.4, 0.5) is 8.78 Å². The highest BCUT2D eigenvalue weighted by Gasteiger charge is 2.18. The molecule has 134 valence electrons. The van der Waals surface area contributed by atoms with Gasteiger partial charge < -0.3 is 19.7 Å². The fourth-order valence-electron chi connectivity index (χ4n) is 2.62. The van der Waals surface area contributed by atoms with Gasteiger partial charge in [-0.1, -0.05) is 6.07 Å². The van der Waals surface area contributed by atoms with Crippen LogP contribution < -0.4 is 14.8 Å². The van der Waals surface area contributed by atoms with Crippen molar-refractivity contribution in [1.29, 1.82) is 0 Å². The molecule has 2 rings (SSSR count). The number of nitrogens with one attached hydrogen (secondary N) is 1. The van der Waals surface area contributed by atoms with Crippen LogP contribution in [-0.2, 0) is 11.3 Å². The van der Waals surface area contributed by atoms with Crippen LogP contribution in [0.3, 0.4) is 0 Å². The van der Waals surface area contributed by atoms with E-state index in [0.717, 1.165) is 18.7 Å². The first-order valence-corrected chi connectivity index (χ1v) is 7.78. The largest absolute Gasteiger partial charge is 0.493 e. The second kappa shape index (κ2) is 8.79. The molecule has 0 aliphatic carbocycles. The Morgan fingerprint density at radius 1 is 1.33 bits per heavy atom. The Morgan fingerprint density at radius 3 is 2.67 bits per heavy atom. The van der Waals surface area contributed by atoms with Crippen molar-refractivity contribution in [2.45, 2.75) is 13.2 Å². The lowest BCUT2D eigenvalue weighted by molar-refractivity contribution is -0.132. The first kappa shape index (κ1) is 18.4. The Kier molecular flexibility index (Phi) is 6.74. The van der Waals surface area contributed by atoms with Gasteiger partial charge in [-0.2, -0.15) is 8.78 Å². The standard InChI is InChI=1S/C16H23F2N3O3/c1-20(11-15(22)21-7-5-19-6-8-21)10-12-3-4-13(23-2)14(9-12)24-16(17)18/h3-4,9,16,19H,5-8,10-11H2,1-2H3. The second-order valence-electron chi connectivity index (χ2n) is 5.67. The third-order valence-electron chi connectivity index (χ3n) is 3.77. The quantitative estimate of drug-likeness (QED) is 0.805. The maximum Gasteiger partial charge on any atom is 0.387 e. The molecule has 1 aromatic carbocycles. The van der Waals surface area contributed by atoms with E-state index in [0.29, 0.717) is 19.6 Å². The number of methoxy groups -OCH3 is 1. The lowest BCUT2D eigenvalue weighted by Crippen LogP contribution is -2.49. The second-order valence-corrected chi connectivity index (χ2v) is 5.67. The normalized spacial score (nSPS) is 15.0. The number of piperazine rings is 1. The third kappa shape index (κ3) is 5.31. The SMILES string of the molecule is COc1ccc(CN(C)CC(=O)N2CCNCC2)cc1OC(F)F. The molecule has 1 saturated heterocycles. The molecule has 1 aliphatic heterocycles. The van der Waals surface area contributed by atoms with Crippen LogP contribution in [0, 0.1) is 0 Å². The van der Waals surface area contributed by atoms with Gasteiger partial charge in [0.25, 0.3) is 0 Å². The monoisotopic (exact) mass is 343 g/mol. The smallest absolute Gasteiger partial charge is 0.387 e. The molecule has 1 N–H and O–H groups in total. The van der Waals surface area contributed by atoms with E-state index in [-0.39, 0.29) is 24.0 Å². The molecule has 1 fully saturated rings. The minimum absolute atomic E-state index is 0.00756. The van der Waals surface area contributed by atoms with Crippen molar-refractivity contribution in [1.82, 2.24) is 15.1 Å². The number of benzene rings is 1. The summed E-state index contributed by atoms with van der Waals surface area (Å²) in [6.07, 6.45) is 0. The molecule has 24 heavy (non-hydrogen) atoms. The van der Waals surface area contributed by atoms with Crippen LogP contribution in [0.2, 0.25) is 0 Å². The van der Waals surface area contributed by atoms with Gasteiger partial charge in [-0.3, -0.25) is 9.69 Å². The van der Waals surface area contributed by atoms with E-state index in [1.807, 2.05) is 16.8 Å². The first-order valence-electron chi connectivity index (χ1n) is 7.78. The Bertz CT molecular complexity index is 551. The van der Waals surface area contributed by atoms with Gasteiger partial charge in [0.1, 0.15) is 0 Å². The van der Waals surface area contributed by atoms with Crippen molar-refractivity contribution in [2.24, 2.45) is 0 Å². The molecule has 1 aliphatic rings. The van der Waals surface area contributed by atoms with Gasteiger partial charge in [-0.05, 0) is 24.7 Å². The summed E-state index contributed by atoms with van der Waals surface area (Å²) in [6, 6.07) is 4.86. The lowest BCUT2D eigenvalue weighted by atomic mass is 10.2. The van der Waals surface area contributed by atoms with Crippen LogP contribution in [0.1, 0.15) is 5.56 Å². The van der Waals surface area contributed by atoms with E-state index < -0.39 is 6.61 Å². The van der Waals surface area contributed by atoms with E-state index in [1.165, 1.54) is 13.2 Å². The minimum atomic E-state index is -2.92. The molecule has 1 aromatic rings. The number of likely N-dealkylation sites (N-methyl/N-ethyl adjacent to an activating group) is 1. The topological polar surface area (TPSA) is 54.0 Å². The number of amides is 1. The minimum Gasteiger partial charge on any atom is -0.493 e. The molecule has 0 atom stereocenters. The number of rotatable bonds is 7. The van der Waals surface area contributed by atoms with Crippen molar-refractivity contribution < 1.29 is 23.0 Å². The first-order chi connectivity index (χ1) is 11.5. The maximum absolute atomic E-state index is 12.5. The fraction of sp³-hybridized carbons (Fsp3) is 0.562. The van der Waals surface area contributed by atoms with Crippen molar-refractivity contribution in [3.05, 3.63) is 23.8 Å². The fourth-order valence-corrected chi connectivity index (χ4v) is 2.62. The average Bonchev–Trinajstić information content (AvgIpc) is 2.55. The summed E-state index contributed by atoms with van der Waals surface area (Å²) in [5.74, 6) is 0.307. The number of carbonyl (C=O) groups is 1. The summed E-state index contributed by atoms with van der Waals surface area (Å²) >= 11 is 0. The summed E-state index contributed by atoms with van der Waals surface area (Å²) in [7, 11) is 3.21. The van der Waals surface area contributed by atoms with E-state index in [2.05, 4.69) is 10.1 Å². The van der Waals surface area contributed by atoms with Crippen molar-refractivity contribution >= 4 is 5.91 Å². The molecule has 0 saturated carbocycles. The van der Waals surface area contributed by atoms with E-state index in [1.54, 1.807) is 12.1 Å². The van der Waals surface area contributed by atoms with Gasteiger partial charge in [-0.25, -0.2) is 0 Å². The van der Waals surface area contributed by atoms with Crippen molar-refractivity contribution in [3.8, 4) is 11.5 Å². The molecular weight excluding hydrogens is 320 g/mol. The van der Waals surface area contributed by atoms with Gasteiger partial charge in [0.05, 0.1) is 13.7 Å². The van der Waals surface area contributed by atoms with Gasteiger partial charge in [0.2, 0.25) is 5.91 Å². The van der Waals surface area contributed by atoms with Crippen LogP contribution in [-0.4, -0.2) is 69.2 Å². The predicted molar refractivity (Wildman–Crippen MR) is 85.4 cm³/mol. The van der Waals surface area contributed by atoms with Crippen LogP contribution in [0.15, 0.2) is 18.2 Å². The van der Waals surface area contributed by atoms with Crippen molar-refractivity contribution in [3.63, 3.8) is 0 Å². The molecular formula is C16H23F2N3O3. The predicted octanol–water partition coefficient (Wildman–Crippen LogP) is 1.16. The number of halogens is 2. The molecule has 0 unspecified atom stereocenters. The van der Waals surface area contributed by atoms with Gasteiger partial charge in [-0.15, -0.1) is 0 Å². The average molecular weight is 343 g/mol. The summed E-state index contributed by atoms with van der Waals surface area (Å²) in [5.41, 5.74) is 0.766.